The second-order valence-electron chi connectivity index (χ2n) is 7.98. The van der Waals surface area contributed by atoms with E-state index in [4.69, 9.17) is 0 Å². The molecular formula is C24H19N7OS. The molecule has 8 nitrogen and oxygen atoms in total. The van der Waals surface area contributed by atoms with Gasteiger partial charge in [-0.1, -0.05) is 18.2 Å². The van der Waals surface area contributed by atoms with Gasteiger partial charge in [-0.05, 0) is 37.1 Å². The molecule has 33 heavy (non-hydrogen) atoms. The van der Waals surface area contributed by atoms with Crippen LogP contribution >= 0.6 is 11.3 Å². The summed E-state index contributed by atoms with van der Waals surface area (Å²) in [6, 6.07) is 13.5. The van der Waals surface area contributed by atoms with Crippen molar-refractivity contribution in [2.24, 2.45) is 0 Å². The molecule has 0 atom stereocenters. The zero-order chi connectivity index (χ0) is 22.2. The molecule has 1 fully saturated rings. The standard InChI is InChI=1S/C24H19N7OS/c32-23(19-5-1-3-15-4-2-8-26-20(15)19)28-17-13-16(14-17)21-29-30-22(24-27-11-12-33-24)31(21)18-6-9-25-10-7-18/h1-12,16-17H,13-14H2,(H,28,32). The van der Waals surface area contributed by atoms with Gasteiger partial charge in [0.2, 0.25) is 0 Å². The number of benzene rings is 1. The van der Waals surface area contributed by atoms with Crippen molar-refractivity contribution in [1.82, 2.24) is 35.0 Å². The lowest BCUT2D eigenvalue weighted by molar-refractivity contribution is 0.0908. The quantitative estimate of drug-likeness (QED) is 0.432. The van der Waals surface area contributed by atoms with E-state index in [9.17, 15) is 4.79 Å². The Balaban J connectivity index is 1.23. The van der Waals surface area contributed by atoms with Crippen LogP contribution in [0, 0.1) is 0 Å². The van der Waals surface area contributed by atoms with E-state index in [0.717, 1.165) is 46.1 Å². The normalized spacial score (nSPS) is 17.6. The van der Waals surface area contributed by atoms with Crippen molar-refractivity contribution in [3.05, 3.63) is 84.0 Å². The number of amides is 1. The minimum atomic E-state index is -0.0955. The van der Waals surface area contributed by atoms with E-state index in [1.54, 1.807) is 24.8 Å². The second-order valence-corrected chi connectivity index (χ2v) is 8.87. The Hall–Kier alpha value is -3.98. The first-order valence-electron chi connectivity index (χ1n) is 10.7. The minimum absolute atomic E-state index is 0.0763. The van der Waals surface area contributed by atoms with Crippen LogP contribution in [-0.4, -0.2) is 41.7 Å². The van der Waals surface area contributed by atoms with Crippen molar-refractivity contribution in [3.63, 3.8) is 0 Å². The minimum Gasteiger partial charge on any atom is -0.349 e. The highest BCUT2D eigenvalue weighted by Gasteiger charge is 2.36. The van der Waals surface area contributed by atoms with Crippen molar-refractivity contribution in [3.8, 4) is 16.5 Å². The molecule has 5 aromatic rings. The van der Waals surface area contributed by atoms with Crippen LogP contribution in [0.1, 0.15) is 34.9 Å². The molecule has 0 spiro atoms. The molecule has 9 heteroatoms. The molecule has 1 aromatic carbocycles. The van der Waals surface area contributed by atoms with Crippen LogP contribution in [0.2, 0.25) is 0 Å². The van der Waals surface area contributed by atoms with Gasteiger partial charge < -0.3 is 5.32 Å². The molecule has 1 amide bonds. The molecule has 0 bridgehead atoms. The van der Waals surface area contributed by atoms with Crippen LogP contribution in [0.5, 0.6) is 0 Å². The van der Waals surface area contributed by atoms with E-state index < -0.39 is 0 Å². The van der Waals surface area contributed by atoms with Gasteiger partial charge in [0, 0.05) is 47.5 Å². The van der Waals surface area contributed by atoms with E-state index in [-0.39, 0.29) is 17.9 Å². The van der Waals surface area contributed by atoms with Crippen molar-refractivity contribution in [1.29, 1.82) is 0 Å². The predicted octanol–water partition coefficient (Wildman–Crippen LogP) is 4.01. The summed E-state index contributed by atoms with van der Waals surface area (Å²) in [6.45, 7) is 0. The number of hydrogen-bond donors (Lipinski definition) is 1. The average molecular weight is 454 g/mol. The lowest BCUT2D eigenvalue weighted by Crippen LogP contribution is -2.44. The summed E-state index contributed by atoms with van der Waals surface area (Å²) in [5, 5.41) is 15.8. The summed E-state index contributed by atoms with van der Waals surface area (Å²) in [5.41, 5.74) is 2.27. The Labute approximate surface area is 193 Å². The van der Waals surface area contributed by atoms with Crippen LogP contribution in [0.4, 0.5) is 0 Å². The van der Waals surface area contributed by atoms with Gasteiger partial charge in [0.25, 0.3) is 5.91 Å². The Morgan fingerprint density at radius 2 is 1.82 bits per heavy atom. The van der Waals surface area contributed by atoms with Gasteiger partial charge in [0.15, 0.2) is 10.8 Å². The molecule has 1 aliphatic carbocycles. The molecule has 4 heterocycles. The van der Waals surface area contributed by atoms with Crippen molar-refractivity contribution >= 4 is 28.1 Å². The highest BCUT2D eigenvalue weighted by molar-refractivity contribution is 7.13. The van der Waals surface area contributed by atoms with Crippen LogP contribution in [0.15, 0.2) is 72.6 Å². The zero-order valence-electron chi connectivity index (χ0n) is 17.5. The summed E-state index contributed by atoms with van der Waals surface area (Å²) in [6.07, 6.45) is 8.59. The number of aromatic nitrogens is 6. The van der Waals surface area contributed by atoms with E-state index in [2.05, 4.69) is 35.0 Å². The van der Waals surface area contributed by atoms with Gasteiger partial charge in [-0.3, -0.25) is 19.3 Å². The summed E-state index contributed by atoms with van der Waals surface area (Å²) < 4.78 is 2.05. The molecule has 162 valence electrons. The Bertz CT molecular complexity index is 1420. The van der Waals surface area contributed by atoms with Gasteiger partial charge in [-0.2, -0.15) is 0 Å². The number of carbonyl (C=O) groups excluding carboxylic acids is 1. The Kier molecular flexibility index (Phi) is 4.88. The molecule has 4 aromatic heterocycles. The molecule has 0 saturated heterocycles. The number of nitrogens with one attached hydrogen (secondary N) is 1. The Morgan fingerprint density at radius 1 is 0.970 bits per heavy atom. The van der Waals surface area contributed by atoms with Crippen molar-refractivity contribution in [2.75, 3.05) is 0 Å². The molecule has 0 unspecified atom stereocenters. The summed E-state index contributed by atoms with van der Waals surface area (Å²) in [5.74, 6) is 1.70. The fourth-order valence-corrected chi connectivity index (χ4v) is 4.89. The van der Waals surface area contributed by atoms with Gasteiger partial charge in [-0.25, -0.2) is 4.98 Å². The van der Waals surface area contributed by atoms with E-state index in [1.807, 2.05) is 47.8 Å². The number of para-hydroxylation sites is 1. The van der Waals surface area contributed by atoms with Crippen LogP contribution < -0.4 is 5.32 Å². The zero-order valence-corrected chi connectivity index (χ0v) is 18.3. The smallest absolute Gasteiger partial charge is 0.253 e. The Morgan fingerprint density at radius 3 is 2.64 bits per heavy atom. The molecule has 1 saturated carbocycles. The van der Waals surface area contributed by atoms with Crippen molar-refractivity contribution in [2.45, 2.75) is 24.8 Å². The lowest BCUT2D eigenvalue weighted by Gasteiger charge is -2.35. The number of thiazole rings is 1. The molecule has 0 radical (unpaired) electrons. The molecule has 1 N–H and O–H groups in total. The highest BCUT2D eigenvalue weighted by Crippen LogP contribution is 2.39. The molecule has 1 aliphatic rings. The fraction of sp³-hybridized carbons (Fsp3) is 0.167. The predicted molar refractivity (Wildman–Crippen MR) is 125 cm³/mol. The van der Waals surface area contributed by atoms with E-state index in [1.165, 1.54) is 11.3 Å². The maximum absolute atomic E-state index is 13.0. The van der Waals surface area contributed by atoms with Gasteiger partial charge in [0.05, 0.1) is 16.8 Å². The largest absolute Gasteiger partial charge is 0.349 e. The highest BCUT2D eigenvalue weighted by atomic mass is 32.1. The van der Waals surface area contributed by atoms with Gasteiger partial charge in [-0.15, -0.1) is 21.5 Å². The number of carbonyl (C=O) groups is 1. The third-order valence-corrected chi connectivity index (χ3v) is 6.72. The van der Waals surface area contributed by atoms with Crippen LogP contribution in [-0.2, 0) is 0 Å². The fourth-order valence-electron chi connectivity index (χ4n) is 4.28. The monoisotopic (exact) mass is 453 g/mol. The maximum atomic E-state index is 13.0. The summed E-state index contributed by atoms with van der Waals surface area (Å²) in [4.78, 5) is 25.9. The van der Waals surface area contributed by atoms with Gasteiger partial charge >= 0.3 is 0 Å². The summed E-state index contributed by atoms with van der Waals surface area (Å²) >= 11 is 1.53. The van der Waals surface area contributed by atoms with Gasteiger partial charge in [0.1, 0.15) is 5.82 Å². The first-order valence-corrected chi connectivity index (χ1v) is 11.6. The molecule has 0 aliphatic heterocycles. The molecule has 6 rings (SSSR count). The first-order chi connectivity index (χ1) is 16.3. The summed E-state index contributed by atoms with van der Waals surface area (Å²) in [7, 11) is 0. The number of hydrogen-bond acceptors (Lipinski definition) is 7. The first kappa shape index (κ1) is 19.7. The van der Waals surface area contributed by atoms with Crippen molar-refractivity contribution < 1.29 is 4.79 Å². The third kappa shape index (κ3) is 3.56. The molecular weight excluding hydrogens is 434 g/mol. The average Bonchev–Trinajstić information content (AvgIpc) is 3.51. The lowest BCUT2D eigenvalue weighted by atomic mass is 9.79. The van der Waals surface area contributed by atoms with E-state index in [0.29, 0.717) is 5.56 Å². The van der Waals surface area contributed by atoms with Crippen LogP contribution in [0.3, 0.4) is 0 Å². The number of rotatable bonds is 5. The number of pyridine rings is 2. The van der Waals surface area contributed by atoms with E-state index >= 15 is 0 Å². The third-order valence-electron chi connectivity index (χ3n) is 5.95. The maximum Gasteiger partial charge on any atom is 0.253 e. The van der Waals surface area contributed by atoms with Crippen LogP contribution in [0.25, 0.3) is 27.4 Å². The number of fused-ring (bicyclic) bond motifs is 1. The SMILES string of the molecule is O=C(NC1CC(c2nnc(-c3nccs3)n2-c2ccncc2)C1)c1cccc2cccnc12. The second kappa shape index (κ2) is 8.18. The number of nitrogens with zero attached hydrogens (tertiary/aromatic N) is 6. The topological polar surface area (TPSA) is 98.5 Å².